The zero-order chi connectivity index (χ0) is 21.0. The molecule has 1 fully saturated rings. The highest BCUT2D eigenvalue weighted by atomic mass is 16.5. The van der Waals surface area contributed by atoms with Gasteiger partial charge in [-0.2, -0.15) is 0 Å². The summed E-state index contributed by atoms with van der Waals surface area (Å²) < 4.78 is 5.43. The number of ether oxygens (including phenoxy) is 1. The third-order valence-corrected chi connectivity index (χ3v) is 5.38. The van der Waals surface area contributed by atoms with Crippen LogP contribution in [0.5, 0.6) is 0 Å². The fourth-order valence-electron chi connectivity index (χ4n) is 3.66. The predicted octanol–water partition coefficient (Wildman–Crippen LogP) is 4.39. The molecule has 0 saturated carbocycles. The van der Waals surface area contributed by atoms with Crippen LogP contribution < -0.4 is 10.2 Å². The number of aromatic nitrogens is 2. The van der Waals surface area contributed by atoms with E-state index in [2.05, 4.69) is 15.2 Å². The van der Waals surface area contributed by atoms with Gasteiger partial charge in [0.1, 0.15) is 5.82 Å². The molecular weight excluding hydrogens is 388 g/mol. The van der Waals surface area contributed by atoms with Crippen molar-refractivity contribution in [3.8, 4) is 11.1 Å². The highest BCUT2D eigenvalue weighted by Gasteiger charge is 2.14. The van der Waals surface area contributed by atoms with Crippen LogP contribution in [0.3, 0.4) is 0 Å². The molecule has 6 nitrogen and oxygen atoms in total. The largest absolute Gasteiger partial charge is 0.378 e. The minimum absolute atomic E-state index is 0.128. The van der Waals surface area contributed by atoms with E-state index < -0.39 is 0 Å². The maximum absolute atomic E-state index is 12.5. The number of hydrogen-bond donors (Lipinski definition) is 1. The van der Waals surface area contributed by atoms with Gasteiger partial charge in [0.25, 0.3) is 5.91 Å². The zero-order valence-electron chi connectivity index (χ0n) is 17.0. The molecule has 1 amide bonds. The van der Waals surface area contributed by atoms with Crippen molar-refractivity contribution in [3.05, 3.63) is 84.6 Å². The van der Waals surface area contributed by atoms with E-state index in [0.29, 0.717) is 18.8 Å². The Hall–Kier alpha value is -3.77. The van der Waals surface area contributed by atoms with Gasteiger partial charge in [-0.25, -0.2) is 4.98 Å². The number of nitrogens with one attached hydrogen (secondary N) is 1. The minimum atomic E-state index is -0.128. The normalized spacial score (nSPS) is 13.9. The molecule has 6 heteroatoms. The topological polar surface area (TPSA) is 67.4 Å². The SMILES string of the molecule is O=C(Nc1ccccc1)c1ccc(-c2ccc3ncc(N4CCOCC4)nc3c2)cc1. The summed E-state index contributed by atoms with van der Waals surface area (Å²) in [5, 5.41) is 2.91. The van der Waals surface area contributed by atoms with Crippen LogP contribution in [0.2, 0.25) is 0 Å². The van der Waals surface area contributed by atoms with Crippen molar-refractivity contribution < 1.29 is 9.53 Å². The average molecular weight is 410 g/mol. The number of amides is 1. The standard InChI is InChI=1S/C25H22N4O2/c30-25(27-21-4-2-1-3-5-21)19-8-6-18(7-9-19)20-10-11-22-23(16-20)28-24(17-26-22)29-12-14-31-15-13-29/h1-11,16-17H,12-15H2,(H,27,30). The molecule has 31 heavy (non-hydrogen) atoms. The molecule has 1 aromatic heterocycles. The van der Waals surface area contributed by atoms with E-state index in [0.717, 1.165) is 46.8 Å². The second kappa shape index (κ2) is 8.53. The van der Waals surface area contributed by atoms with Crippen LogP contribution in [0.1, 0.15) is 10.4 Å². The second-order valence-electron chi connectivity index (χ2n) is 7.43. The zero-order valence-corrected chi connectivity index (χ0v) is 17.0. The van der Waals surface area contributed by atoms with Crippen molar-refractivity contribution in [2.45, 2.75) is 0 Å². The maximum Gasteiger partial charge on any atom is 0.255 e. The summed E-state index contributed by atoms with van der Waals surface area (Å²) in [7, 11) is 0. The summed E-state index contributed by atoms with van der Waals surface area (Å²) in [6, 6.07) is 23.1. The Morgan fingerprint density at radius 1 is 0.871 bits per heavy atom. The van der Waals surface area contributed by atoms with Gasteiger partial charge in [-0.3, -0.25) is 9.78 Å². The molecule has 1 N–H and O–H groups in total. The molecule has 1 saturated heterocycles. The lowest BCUT2D eigenvalue weighted by atomic mass is 10.0. The average Bonchev–Trinajstić information content (AvgIpc) is 2.84. The van der Waals surface area contributed by atoms with Crippen LogP contribution in [0.25, 0.3) is 22.2 Å². The number of morpholine rings is 1. The highest BCUT2D eigenvalue weighted by Crippen LogP contribution is 2.25. The Balaban J connectivity index is 1.37. The van der Waals surface area contributed by atoms with Crippen molar-refractivity contribution in [2.75, 3.05) is 36.5 Å². The van der Waals surface area contributed by atoms with E-state index in [1.54, 1.807) is 0 Å². The number of rotatable bonds is 4. The summed E-state index contributed by atoms with van der Waals surface area (Å²) >= 11 is 0. The number of carbonyl (C=O) groups is 1. The van der Waals surface area contributed by atoms with Crippen LogP contribution in [-0.4, -0.2) is 42.2 Å². The molecule has 0 unspecified atom stereocenters. The van der Waals surface area contributed by atoms with E-state index in [1.807, 2.05) is 79.0 Å². The summed E-state index contributed by atoms with van der Waals surface area (Å²) in [5.74, 6) is 0.748. The molecule has 0 spiro atoms. The highest BCUT2D eigenvalue weighted by molar-refractivity contribution is 6.04. The van der Waals surface area contributed by atoms with E-state index >= 15 is 0 Å². The van der Waals surface area contributed by atoms with Crippen molar-refractivity contribution in [1.82, 2.24) is 9.97 Å². The molecular formula is C25H22N4O2. The molecule has 0 atom stereocenters. The van der Waals surface area contributed by atoms with E-state index in [9.17, 15) is 4.79 Å². The number of carbonyl (C=O) groups excluding carboxylic acids is 1. The van der Waals surface area contributed by atoms with Crippen LogP contribution in [0.15, 0.2) is 79.0 Å². The molecule has 0 aliphatic carbocycles. The Labute approximate surface area is 180 Å². The molecule has 2 heterocycles. The number of fused-ring (bicyclic) bond motifs is 1. The summed E-state index contributed by atoms with van der Waals surface area (Å²) in [6.07, 6.45) is 1.83. The Morgan fingerprint density at radius 3 is 2.39 bits per heavy atom. The van der Waals surface area contributed by atoms with E-state index in [4.69, 9.17) is 9.72 Å². The molecule has 0 bridgehead atoms. The van der Waals surface area contributed by atoms with Crippen LogP contribution in [-0.2, 0) is 4.74 Å². The first-order valence-electron chi connectivity index (χ1n) is 10.3. The van der Waals surface area contributed by atoms with Gasteiger partial charge < -0.3 is 15.0 Å². The van der Waals surface area contributed by atoms with Crippen LogP contribution in [0, 0.1) is 0 Å². The lowest BCUT2D eigenvalue weighted by Crippen LogP contribution is -2.36. The molecule has 154 valence electrons. The molecule has 3 aromatic carbocycles. The van der Waals surface area contributed by atoms with Crippen molar-refractivity contribution in [2.24, 2.45) is 0 Å². The first-order chi connectivity index (χ1) is 15.3. The summed E-state index contributed by atoms with van der Waals surface area (Å²) in [5.41, 5.74) is 5.17. The predicted molar refractivity (Wildman–Crippen MR) is 122 cm³/mol. The smallest absolute Gasteiger partial charge is 0.255 e. The first-order valence-corrected chi connectivity index (χ1v) is 10.3. The number of anilines is 2. The van der Waals surface area contributed by atoms with Gasteiger partial charge in [0, 0.05) is 24.3 Å². The van der Waals surface area contributed by atoms with Crippen LogP contribution in [0.4, 0.5) is 11.5 Å². The van der Waals surface area contributed by atoms with Gasteiger partial charge in [0.05, 0.1) is 30.4 Å². The molecule has 1 aliphatic heterocycles. The Kier molecular flexibility index (Phi) is 5.29. The van der Waals surface area contributed by atoms with Crippen molar-refractivity contribution in [3.63, 3.8) is 0 Å². The summed E-state index contributed by atoms with van der Waals surface area (Å²) in [6.45, 7) is 3.08. The van der Waals surface area contributed by atoms with Gasteiger partial charge in [-0.15, -0.1) is 0 Å². The van der Waals surface area contributed by atoms with E-state index in [-0.39, 0.29) is 5.91 Å². The van der Waals surface area contributed by atoms with Gasteiger partial charge in [-0.1, -0.05) is 36.4 Å². The lowest BCUT2D eigenvalue weighted by molar-refractivity contribution is 0.102. The van der Waals surface area contributed by atoms with Gasteiger partial charge >= 0.3 is 0 Å². The third kappa shape index (κ3) is 4.25. The van der Waals surface area contributed by atoms with Gasteiger partial charge in [0.15, 0.2) is 0 Å². The van der Waals surface area contributed by atoms with E-state index in [1.165, 1.54) is 0 Å². The maximum atomic E-state index is 12.5. The summed E-state index contributed by atoms with van der Waals surface area (Å²) in [4.78, 5) is 24.1. The Morgan fingerprint density at radius 2 is 1.61 bits per heavy atom. The minimum Gasteiger partial charge on any atom is -0.378 e. The number of nitrogens with zero attached hydrogens (tertiary/aromatic N) is 3. The fraction of sp³-hybridized carbons (Fsp3) is 0.160. The molecule has 5 rings (SSSR count). The molecule has 4 aromatic rings. The molecule has 1 aliphatic rings. The van der Waals surface area contributed by atoms with Crippen LogP contribution >= 0.6 is 0 Å². The quantitative estimate of drug-likeness (QED) is 0.541. The van der Waals surface area contributed by atoms with Gasteiger partial charge in [0.2, 0.25) is 0 Å². The Bertz CT molecular complexity index is 1200. The molecule has 0 radical (unpaired) electrons. The fourth-order valence-corrected chi connectivity index (χ4v) is 3.66. The van der Waals surface area contributed by atoms with Crippen molar-refractivity contribution >= 4 is 28.4 Å². The van der Waals surface area contributed by atoms with Gasteiger partial charge in [-0.05, 0) is 47.5 Å². The number of hydrogen-bond acceptors (Lipinski definition) is 5. The number of para-hydroxylation sites is 1. The lowest BCUT2D eigenvalue weighted by Gasteiger charge is -2.27. The second-order valence-corrected chi connectivity index (χ2v) is 7.43. The first kappa shape index (κ1) is 19.2. The number of benzene rings is 3. The third-order valence-electron chi connectivity index (χ3n) is 5.38. The monoisotopic (exact) mass is 410 g/mol. The van der Waals surface area contributed by atoms with Crippen molar-refractivity contribution in [1.29, 1.82) is 0 Å².